The molecule has 1 aromatic heterocycles. The fourth-order valence-corrected chi connectivity index (χ4v) is 5.24. The van der Waals surface area contributed by atoms with Gasteiger partial charge in [0.1, 0.15) is 11.6 Å². The van der Waals surface area contributed by atoms with Crippen molar-refractivity contribution >= 4 is 17.4 Å². The first-order chi connectivity index (χ1) is 17.0. The molecule has 0 unspecified atom stereocenters. The Labute approximate surface area is 205 Å². The standard InChI is InChI=1S/C28H30N4O3/c1-30(2)25-14-8-13-24(29-25)28(26(33)21-10-5-6-11-22(21)27(28)34)32-17-15-31(16-18-32)19-20-9-4-7-12-23(20)35-3/h4-14H,15-19H2,1-3H3. The quantitative estimate of drug-likeness (QED) is 0.513. The summed E-state index contributed by atoms with van der Waals surface area (Å²) in [6.45, 7) is 3.36. The molecule has 1 fully saturated rings. The third kappa shape index (κ3) is 3.81. The van der Waals surface area contributed by atoms with Crippen LogP contribution in [-0.4, -0.2) is 73.7 Å². The first kappa shape index (κ1) is 23.2. The molecule has 3 aromatic rings. The van der Waals surface area contributed by atoms with Gasteiger partial charge in [-0.15, -0.1) is 0 Å². The first-order valence-electron chi connectivity index (χ1n) is 11.9. The summed E-state index contributed by atoms with van der Waals surface area (Å²) in [4.78, 5) is 39.1. The molecule has 0 radical (unpaired) electrons. The predicted molar refractivity (Wildman–Crippen MR) is 135 cm³/mol. The van der Waals surface area contributed by atoms with E-state index < -0.39 is 5.54 Å². The van der Waals surface area contributed by atoms with Crippen molar-refractivity contribution in [3.05, 3.63) is 89.1 Å². The molecule has 2 aliphatic rings. The lowest BCUT2D eigenvalue weighted by molar-refractivity contribution is 0.0266. The highest BCUT2D eigenvalue weighted by atomic mass is 16.5. The van der Waals surface area contributed by atoms with Crippen molar-refractivity contribution in [3.8, 4) is 5.75 Å². The molecule has 1 saturated heterocycles. The van der Waals surface area contributed by atoms with Crippen LogP contribution < -0.4 is 9.64 Å². The van der Waals surface area contributed by atoms with Crippen LogP contribution in [0.3, 0.4) is 0 Å². The highest BCUT2D eigenvalue weighted by Gasteiger charge is 2.59. The van der Waals surface area contributed by atoms with Gasteiger partial charge in [-0.2, -0.15) is 0 Å². The maximum atomic E-state index is 14.0. The summed E-state index contributed by atoms with van der Waals surface area (Å²) in [6.07, 6.45) is 0. The van der Waals surface area contributed by atoms with Crippen molar-refractivity contribution in [1.29, 1.82) is 0 Å². The number of carbonyl (C=O) groups is 2. The maximum Gasteiger partial charge on any atom is 0.198 e. The summed E-state index contributed by atoms with van der Waals surface area (Å²) in [6, 6.07) is 20.7. The Balaban J connectivity index is 1.49. The summed E-state index contributed by atoms with van der Waals surface area (Å²) < 4.78 is 5.52. The number of carbonyl (C=O) groups excluding carboxylic acids is 2. The third-order valence-corrected chi connectivity index (χ3v) is 7.07. The van der Waals surface area contributed by atoms with Gasteiger partial charge in [-0.1, -0.05) is 48.5 Å². The number of benzene rings is 2. The lowest BCUT2D eigenvalue weighted by atomic mass is 9.85. The minimum Gasteiger partial charge on any atom is -0.496 e. The van der Waals surface area contributed by atoms with E-state index in [1.807, 2.05) is 72.4 Å². The molecule has 0 amide bonds. The molecule has 7 heteroatoms. The molecule has 0 N–H and O–H groups in total. The number of ketones is 2. The maximum absolute atomic E-state index is 14.0. The van der Waals surface area contributed by atoms with Crippen LogP contribution in [0.1, 0.15) is 32.0 Å². The third-order valence-electron chi connectivity index (χ3n) is 7.07. The molecular formula is C28H30N4O3. The van der Waals surface area contributed by atoms with E-state index in [0.29, 0.717) is 35.7 Å². The molecule has 35 heavy (non-hydrogen) atoms. The second-order valence-electron chi connectivity index (χ2n) is 9.26. The van der Waals surface area contributed by atoms with Crippen molar-refractivity contribution < 1.29 is 14.3 Å². The number of hydrogen-bond acceptors (Lipinski definition) is 7. The molecule has 0 spiro atoms. The van der Waals surface area contributed by atoms with Crippen LogP contribution in [0.2, 0.25) is 0 Å². The second-order valence-corrected chi connectivity index (χ2v) is 9.26. The van der Waals surface area contributed by atoms with E-state index in [0.717, 1.165) is 30.9 Å². The smallest absolute Gasteiger partial charge is 0.198 e. The van der Waals surface area contributed by atoms with Crippen molar-refractivity contribution in [1.82, 2.24) is 14.8 Å². The second kappa shape index (κ2) is 9.24. The number of methoxy groups -OCH3 is 1. The van der Waals surface area contributed by atoms with E-state index in [2.05, 4.69) is 11.0 Å². The van der Waals surface area contributed by atoms with Gasteiger partial charge < -0.3 is 9.64 Å². The largest absolute Gasteiger partial charge is 0.496 e. The van der Waals surface area contributed by atoms with E-state index in [4.69, 9.17) is 9.72 Å². The monoisotopic (exact) mass is 470 g/mol. The highest BCUT2D eigenvalue weighted by Crippen LogP contribution is 2.42. The van der Waals surface area contributed by atoms with Crippen LogP contribution in [0, 0.1) is 0 Å². The average Bonchev–Trinajstić information content (AvgIpc) is 3.12. The van der Waals surface area contributed by atoms with Crippen molar-refractivity contribution in [2.75, 3.05) is 52.3 Å². The summed E-state index contributed by atoms with van der Waals surface area (Å²) in [5.74, 6) is 1.22. The van der Waals surface area contributed by atoms with Gasteiger partial charge in [-0.25, -0.2) is 4.98 Å². The van der Waals surface area contributed by atoms with Crippen LogP contribution in [0.25, 0.3) is 0 Å². The molecule has 180 valence electrons. The zero-order chi connectivity index (χ0) is 24.6. The fraction of sp³-hybridized carbons (Fsp3) is 0.321. The Morgan fingerprint density at radius 1 is 0.857 bits per heavy atom. The topological polar surface area (TPSA) is 66.0 Å². The number of hydrogen-bond donors (Lipinski definition) is 0. The van der Waals surface area contributed by atoms with E-state index in [1.54, 1.807) is 19.2 Å². The van der Waals surface area contributed by atoms with Gasteiger partial charge in [0.25, 0.3) is 0 Å². The normalized spacial score (nSPS) is 17.9. The van der Waals surface area contributed by atoms with Crippen LogP contribution in [-0.2, 0) is 12.1 Å². The number of Topliss-reactive ketones (excluding diaryl/α,β-unsaturated/α-hetero) is 2. The minimum absolute atomic E-state index is 0.181. The SMILES string of the molecule is COc1ccccc1CN1CCN(C2(c3cccc(N(C)C)n3)C(=O)c3ccccc3C2=O)CC1. The van der Waals surface area contributed by atoms with Gasteiger partial charge in [0.15, 0.2) is 17.1 Å². The molecular weight excluding hydrogens is 440 g/mol. The van der Waals surface area contributed by atoms with Gasteiger partial charge in [0.05, 0.1) is 12.8 Å². The molecule has 0 bridgehead atoms. The van der Waals surface area contributed by atoms with E-state index in [-0.39, 0.29) is 11.6 Å². The number of ether oxygens (including phenoxy) is 1. The van der Waals surface area contributed by atoms with Gasteiger partial charge in [-0.3, -0.25) is 19.4 Å². The molecule has 7 nitrogen and oxygen atoms in total. The Morgan fingerprint density at radius 3 is 2.11 bits per heavy atom. The lowest BCUT2D eigenvalue weighted by Gasteiger charge is -2.43. The van der Waals surface area contributed by atoms with Crippen molar-refractivity contribution in [2.24, 2.45) is 0 Å². The number of pyridine rings is 1. The number of piperazine rings is 1. The number of aromatic nitrogens is 1. The number of fused-ring (bicyclic) bond motifs is 1. The summed E-state index contributed by atoms with van der Waals surface area (Å²) in [5.41, 5.74) is 1.13. The van der Waals surface area contributed by atoms with Gasteiger partial charge >= 0.3 is 0 Å². The highest BCUT2D eigenvalue weighted by molar-refractivity contribution is 6.32. The van der Waals surface area contributed by atoms with Crippen LogP contribution in [0.5, 0.6) is 5.75 Å². The number of nitrogens with zero attached hydrogens (tertiary/aromatic N) is 4. The first-order valence-corrected chi connectivity index (χ1v) is 11.9. The predicted octanol–water partition coefficient (Wildman–Crippen LogP) is 3.25. The molecule has 2 aromatic carbocycles. The molecule has 0 atom stereocenters. The number of rotatable bonds is 6. The Morgan fingerprint density at radius 2 is 1.49 bits per heavy atom. The zero-order valence-electron chi connectivity index (χ0n) is 20.4. The molecule has 0 saturated carbocycles. The van der Waals surface area contributed by atoms with Gasteiger partial charge in [-0.05, 0) is 18.2 Å². The van der Waals surface area contributed by atoms with E-state index in [9.17, 15) is 9.59 Å². The summed E-state index contributed by atoms with van der Waals surface area (Å²) >= 11 is 0. The minimum atomic E-state index is -1.44. The Bertz CT molecular complexity index is 1230. The lowest BCUT2D eigenvalue weighted by Crippen LogP contribution is -2.60. The Hall–Kier alpha value is -3.55. The average molecular weight is 471 g/mol. The fourth-order valence-electron chi connectivity index (χ4n) is 5.24. The van der Waals surface area contributed by atoms with Gasteiger partial charge in [0, 0.05) is 63.5 Å². The molecule has 1 aliphatic heterocycles. The molecule has 5 rings (SSSR count). The van der Waals surface area contributed by atoms with Crippen LogP contribution >= 0.6 is 0 Å². The van der Waals surface area contributed by atoms with Gasteiger partial charge in [0.2, 0.25) is 0 Å². The van der Waals surface area contributed by atoms with Crippen LogP contribution in [0.4, 0.5) is 5.82 Å². The summed E-state index contributed by atoms with van der Waals surface area (Å²) in [5, 5.41) is 0. The molecule has 1 aliphatic carbocycles. The van der Waals surface area contributed by atoms with E-state index >= 15 is 0 Å². The number of anilines is 1. The number of para-hydroxylation sites is 1. The summed E-state index contributed by atoms with van der Waals surface area (Å²) in [7, 11) is 5.50. The Kier molecular flexibility index (Phi) is 6.13. The van der Waals surface area contributed by atoms with Crippen LogP contribution in [0.15, 0.2) is 66.7 Å². The van der Waals surface area contributed by atoms with E-state index in [1.165, 1.54) is 0 Å². The molecule has 2 heterocycles. The van der Waals surface area contributed by atoms with Crippen molar-refractivity contribution in [3.63, 3.8) is 0 Å². The van der Waals surface area contributed by atoms with Crippen molar-refractivity contribution in [2.45, 2.75) is 12.1 Å². The zero-order valence-corrected chi connectivity index (χ0v) is 20.4.